The molecule has 0 aromatic carbocycles. The number of aryl methyl sites for hydroxylation is 1. The second-order valence-electron chi connectivity index (χ2n) is 4.02. The van der Waals surface area contributed by atoms with Gasteiger partial charge in [0.25, 0.3) is 0 Å². The lowest BCUT2D eigenvalue weighted by Gasteiger charge is -2.07. The highest BCUT2D eigenvalue weighted by molar-refractivity contribution is 7.92. The minimum absolute atomic E-state index is 0.154. The van der Waals surface area contributed by atoms with Crippen LogP contribution in [0.25, 0.3) is 0 Å². The first kappa shape index (κ1) is 13.2. The van der Waals surface area contributed by atoms with Gasteiger partial charge in [0.15, 0.2) is 9.84 Å². The summed E-state index contributed by atoms with van der Waals surface area (Å²) in [6.07, 6.45) is 0. The Morgan fingerprint density at radius 3 is 2.69 bits per heavy atom. The maximum atomic E-state index is 11.5. The van der Waals surface area contributed by atoms with Gasteiger partial charge in [-0.2, -0.15) is 0 Å². The summed E-state index contributed by atoms with van der Waals surface area (Å²) in [5.41, 5.74) is 0.791. The number of rotatable bonds is 6. The first-order chi connectivity index (χ1) is 7.42. The van der Waals surface area contributed by atoms with Crippen LogP contribution in [0.4, 0.5) is 0 Å². The van der Waals surface area contributed by atoms with Crippen LogP contribution in [0.1, 0.15) is 25.3 Å². The molecule has 0 radical (unpaired) electrons. The molecule has 92 valence electrons. The molecule has 0 bridgehead atoms. The molecule has 0 aliphatic heterocycles. The van der Waals surface area contributed by atoms with Crippen LogP contribution in [0.15, 0.2) is 10.6 Å². The quantitative estimate of drug-likeness (QED) is 0.755. The zero-order valence-corrected chi connectivity index (χ0v) is 10.7. The largest absolute Gasteiger partial charge is 0.361 e. The topological polar surface area (TPSA) is 72.2 Å². The average Bonchev–Trinajstić information content (AvgIpc) is 2.59. The molecular formula is C10H18N2O3S. The lowest BCUT2D eigenvalue weighted by molar-refractivity contribution is 0.388. The van der Waals surface area contributed by atoms with Gasteiger partial charge in [-0.1, -0.05) is 5.16 Å². The number of nitrogens with zero attached hydrogens (tertiary/aromatic N) is 1. The molecule has 5 nitrogen and oxygen atoms in total. The van der Waals surface area contributed by atoms with Crippen molar-refractivity contribution in [3.05, 3.63) is 17.5 Å². The molecule has 0 saturated carbocycles. The maximum Gasteiger partial charge on any atom is 0.153 e. The van der Waals surface area contributed by atoms with Gasteiger partial charge < -0.3 is 9.84 Å². The van der Waals surface area contributed by atoms with Crippen LogP contribution < -0.4 is 5.32 Å². The van der Waals surface area contributed by atoms with Crippen molar-refractivity contribution in [1.82, 2.24) is 10.5 Å². The Morgan fingerprint density at radius 1 is 1.50 bits per heavy atom. The molecule has 1 rings (SSSR count). The second-order valence-corrected chi connectivity index (χ2v) is 6.70. The molecule has 6 heteroatoms. The van der Waals surface area contributed by atoms with Crippen molar-refractivity contribution in [2.24, 2.45) is 0 Å². The van der Waals surface area contributed by atoms with Crippen LogP contribution in [-0.4, -0.2) is 31.1 Å². The summed E-state index contributed by atoms with van der Waals surface area (Å²) in [5.74, 6) is 0.910. The number of nitrogens with one attached hydrogen (secondary N) is 1. The van der Waals surface area contributed by atoms with E-state index in [1.807, 2.05) is 13.0 Å². The van der Waals surface area contributed by atoms with Gasteiger partial charge in [0.2, 0.25) is 0 Å². The molecule has 0 amide bonds. The number of aromatic nitrogens is 1. The molecule has 1 aromatic rings. The highest BCUT2D eigenvalue weighted by Gasteiger charge is 2.14. The summed E-state index contributed by atoms with van der Waals surface area (Å²) in [6.45, 7) is 6.17. The molecule has 1 heterocycles. The van der Waals surface area contributed by atoms with Crippen molar-refractivity contribution in [3.63, 3.8) is 0 Å². The fourth-order valence-corrected chi connectivity index (χ4v) is 2.07. The van der Waals surface area contributed by atoms with E-state index < -0.39 is 9.84 Å². The van der Waals surface area contributed by atoms with E-state index in [9.17, 15) is 8.42 Å². The van der Waals surface area contributed by atoms with E-state index in [0.717, 1.165) is 11.5 Å². The van der Waals surface area contributed by atoms with Gasteiger partial charge in [0.05, 0.1) is 16.7 Å². The minimum atomic E-state index is -2.95. The average molecular weight is 246 g/mol. The lowest BCUT2D eigenvalue weighted by Crippen LogP contribution is -2.27. The molecule has 0 spiro atoms. The Bertz CT molecular complexity index is 423. The predicted octanol–water partition coefficient (Wildman–Crippen LogP) is 0.896. The fourth-order valence-electron chi connectivity index (χ4n) is 1.17. The molecule has 16 heavy (non-hydrogen) atoms. The van der Waals surface area contributed by atoms with E-state index in [1.54, 1.807) is 13.8 Å². The second kappa shape index (κ2) is 5.45. The normalized spacial score (nSPS) is 12.2. The number of sulfone groups is 1. The van der Waals surface area contributed by atoms with Gasteiger partial charge in [0.1, 0.15) is 5.76 Å². The van der Waals surface area contributed by atoms with Crippen LogP contribution in [-0.2, 0) is 16.4 Å². The summed E-state index contributed by atoms with van der Waals surface area (Å²) in [6, 6.07) is 1.82. The third kappa shape index (κ3) is 3.94. The highest BCUT2D eigenvalue weighted by atomic mass is 32.2. The van der Waals surface area contributed by atoms with Gasteiger partial charge in [-0.15, -0.1) is 0 Å². The minimum Gasteiger partial charge on any atom is -0.361 e. The molecular weight excluding hydrogens is 228 g/mol. The molecule has 0 atom stereocenters. The maximum absolute atomic E-state index is 11.5. The van der Waals surface area contributed by atoms with E-state index in [2.05, 4.69) is 10.5 Å². The summed E-state index contributed by atoms with van der Waals surface area (Å²) in [4.78, 5) is 0. The van der Waals surface area contributed by atoms with Crippen molar-refractivity contribution in [1.29, 1.82) is 0 Å². The molecule has 0 fully saturated rings. The van der Waals surface area contributed by atoms with Crippen molar-refractivity contribution < 1.29 is 12.9 Å². The van der Waals surface area contributed by atoms with Crippen LogP contribution in [0, 0.1) is 6.92 Å². The Kier molecular flexibility index (Phi) is 4.49. The molecule has 0 aliphatic carbocycles. The van der Waals surface area contributed by atoms with Crippen molar-refractivity contribution in [2.75, 3.05) is 12.3 Å². The number of hydrogen-bond acceptors (Lipinski definition) is 5. The molecule has 0 saturated heterocycles. The number of hydrogen-bond donors (Lipinski definition) is 1. The first-order valence-corrected chi connectivity index (χ1v) is 6.98. The van der Waals surface area contributed by atoms with Gasteiger partial charge >= 0.3 is 0 Å². The molecule has 0 unspecified atom stereocenters. The Labute approximate surface area is 96.1 Å². The highest BCUT2D eigenvalue weighted by Crippen LogP contribution is 2.01. The summed E-state index contributed by atoms with van der Waals surface area (Å²) >= 11 is 0. The summed E-state index contributed by atoms with van der Waals surface area (Å²) in [7, 11) is -2.95. The summed E-state index contributed by atoms with van der Waals surface area (Å²) < 4.78 is 27.8. The van der Waals surface area contributed by atoms with Crippen LogP contribution in [0.2, 0.25) is 0 Å². The summed E-state index contributed by atoms with van der Waals surface area (Å²) in [5, 5.41) is 6.51. The standard InChI is InChI=1S/C10H18N2O3S/c1-8(2)16(13,14)5-4-11-7-10-6-9(3)15-12-10/h6,8,11H,4-5,7H2,1-3H3. The molecule has 0 aliphatic rings. The fraction of sp³-hybridized carbons (Fsp3) is 0.700. The van der Waals surface area contributed by atoms with E-state index in [1.165, 1.54) is 0 Å². The Morgan fingerprint density at radius 2 is 2.19 bits per heavy atom. The zero-order valence-electron chi connectivity index (χ0n) is 9.86. The monoisotopic (exact) mass is 246 g/mol. The van der Waals surface area contributed by atoms with Crippen molar-refractivity contribution >= 4 is 9.84 Å². The smallest absolute Gasteiger partial charge is 0.153 e. The van der Waals surface area contributed by atoms with Crippen LogP contribution >= 0.6 is 0 Å². The third-order valence-electron chi connectivity index (χ3n) is 2.26. The zero-order chi connectivity index (χ0) is 12.2. The molecule has 1 N–H and O–H groups in total. The molecule has 1 aromatic heterocycles. The van der Waals surface area contributed by atoms with Gasteiger partial charge in [-0.05, 0) is 20.8 Å². The SMILES string of the molecule is Cc1cc(CNCCS(=O)(=O)C(C)C)no1. The van der Waals surface area contributed by atoms with Crippen LogP contribution in [0.5, 0.6) is 0 Å². The van der Waals surface area contributed by atoms with Crippen molar-refractivity contribution in [3.8, 4) is 0 Å². The van der Waals surface area contributed by atoms with Crippen molar-refractivity contribution in [2.45, 2.75) is 32.6 Å². The Balaban J connectivity index is 2.27. The Hall–Kier alpha value is -0.880. The van der Waals surface area contributed by atoms with Gasteiger partial charge in [0, 0.05) is 19.2 Å². The van der Waals surface area contributed by atoms with Gasteiger partial charge in [-0.25, -0.2) is 8.42 Å². The van der Waals surface area contributed by atoms with Gasteiger partial charge in [-0.3, -0.25) is 0 Å². The van der Waals surface area contributed by atoms with E-state index in [4.69, 9.17) is 4.52 Å². The third-order valence-corrected chi connectivity index (χ3v) is 4.47. The first-order valence-electron chi connectivity index (χ1n) is 5.26. The lowest BCUT2D eigenvalue weighted by atomic mass is 10.4. The van der Waals surface area contributed by atoms with E-state index in [-0.39, 0.29) is 11.0 Å². The van der Waals surface area contributed by atoms with Crippen LogP contribution in [0.3, 0.4) is 0 Å². The predicted molar refractivity (Wildman–Crippen MR) is 61.9 cm³/mol. The van der Waals surface area contributed by atoms with E-state index in [0.29, 0.717) is 13.1 Å². The van der Waals surface area contributed by atoms with E-state index >= 15 is 0 Å².